The molecule has 186 valence electrons. The number of esters is 1. The molecule has 0 spiro atoms. The van der Waals surface area contributed by atoms with Crippen molar-refractivity contribution in [1.29, 1.82) is 0 Å². The molecule has 8 heteroatoms. The van der Waals surface area contributed by atoms with Crippen molar-refractivity contribution in [1.82, 2.24) is 9.88 Å². The van der Waals surface area contributed by atoms with Gasteiger partial charge in [-0.2, -0.15) is 4.98 Å². The number of pyridine rings is 1. The maximum atomic E-state index is 14.0. The second-order valence-electron chi connectivity index (χ2n) is 9.01. The van der Waals surface area contributed by atoms with Crippen molar-refractivity contribution in [3.05, 3.63) is 93.3 Å². The molecule has 0 amide bonds. The molecule has 0 bridgehead atoms. The van der Waals surface area contributed by atoms with Gasteiger partial charge in [0.2, 0.25) is 5.88 Å². The summed E-state index contributed by atoms with van der Waals surface area (Å²) in [6.07, 6.45) is 3.09. The van der Waals surface area contributed by atoms with Crippen LogP contribution in [0.25, 0.3) is 6.08 Å². The summed E-state index contributed by atoms with van der Waals surface area (Å²) in [5.41, 5.74) is 4.73. The highest BCUT2D eigenvalue weighted by molar-refractivity contribution is 6.30. The molecule has 0 atom stereocenters. The molecule has 0 radical (unpaired) electrons. The molecular weight excluding hydrogens is 481 g/mol. The Labute approximate surface area is 214 Å². The van der Waals surface area contributed by atoms with Gasteiger partial charge < -0.3 is 14.4 Å². The monoisotopic (exact) mass is 507 g/mol. The van der Waals surface area contributed by atoms with Crippen LogP contribution in [-0.4, -0.2) is 55.7 Å². The predicted molar refractivity (Wildman–Crippen MR) is 138 cm³/mol. The van der Waals surface area contributed by atoms with Crippen LogP contribution >= 0.6 is 11.6 Å². The van der Waals surface area contributed by atoms with E-state index < -0.39 is 0 Å². The number of benzene rings is 2. The summed E-state index contributed by atoms with van der Waals surface area (Å²) in [6, 6.07) is 16.0. The number of carbonyl (C=O) groups is 1. The van der Waals surface area contributed by atoms with E-state index in [0.717, 1.165) is 45.0 Å². The lowest BCUT2D eigenvalue weighted by molar-refractivity contribution is 0.0600. The highest BCUT2D eigenvalue weighted by atomic mass is 35.5. The Morgan fingerprint density at radius 1 is 1.08 bits per heavy atom. The Balaban J connectivity index is 1.13. The van der Waals surface area contributed by atoms with E-state index in [2.05, 4.69) is 20.9 Å². The Hall–Kier alpha value is -3.42. The third-order valence-electron chi connectivity index (χ3n) is 6.56. The van der Waals surface area contributed by atoms with Gasteiger partial charge in [0.15, 0.2) is 0 Å². The molecule has 3 aromatic rings. The minimum Gasteiger partial charge on any atom is -0.473 e. The smallest absolute Gasteiger partial charge is 0.337 e. The van der Waals surface area contributed by atoms with E-state index >= 15 is 0 Å². The quantitative estimate of drug-likeness (QED) is 0.419. The number of ether oxygens (including phenoxy) is 2. The van der Waals surface area contributed by atoms with Gasteiger partial charge in [-0.05, 0) is 47.9 Å². The summed E-state index contributed by atoms with van der Waals surface area (Å²) in [7, 11) is 1.40. The molecule has 1 aliphatic heterocycles. The molecule has 1 aromatic heterocycles. The van der Waals surface area contributed by atoms with Crippen LogP contribution in [0.2, 0.25) is 5.02 Å². The number of hydrogen-bond acceptors (Lipinski definition) is 6. The second-order valence-corrected chi connectivity index (χ2v) is 9.44. The number of anilines is 1. The first-order valence-electron chi connectivity index (χ1n) is 11.9. The topological polar surface area (TPSA) is 54.9 Å². The zero-order valence-corrected chi connectivity index (χ0v) is 20.8. The van der Waals surface area contributed by atoms with Crippen molar-refractivity contribution in [3.8, 4) is 5.88 Å². The molecule has 2 aliphatic rings. The van der Waals surface area contributed by atoms with Gasteiger partial charge in [0.25, 0.3) is 0 Å². The van der Waals surface area contributed by atoms with E-state index in [1.807, 2.05) is 30.3 Å². The van der Waals surface area contributed by atoms with E-state index in [1.165, 1.54) is 29.9 Å². The number of piperazine rings is 1. The highest BCUT2D eigenvalue weighted by Gasteiger charge is 2.22. The summed E-state index contributed by atoms with van der Waals surface area (Å²) in [4.78, 5) is 21.1. The van der Waals surface area contributed by atoms with E-state index in [0.29, 0.717) is 22.0 Å². The molecule has 0 N–H and O–H groups in total. The van der Waals surface area contributed by atoms with Crippen molar-refractivity contribution in [2.45, 2.75) is 13.0 Å². The molecule has 6 nitrogen and oxygen atoms in total. The van der Waals surface area contributed by atoms with E-state index in [9.17, 15) is 9.18 Å². The van der Waals surface area contributed by atoms with Gasteiger partial charge in [-0.15, -0.1) is 0 Å². The van der Waals surface area contributed by atoms with Gasteiger partial charge in [0, 0.05) is 49.4 Å². The standard InChI is InChI=1S/C28H27ClFN3O3/c1-35-28(34)21-6-5-20-13-19(14-23(20)15-21)17-32-9-11-33(12-10-32)26-3-2-4-27(31-26)36-18-22-7-8-24(29)16-25(22)30/h2-8,13,15-16H,9-12,14,17-18H2,1H3. The zero-order chi connectivity index (χ0) is 25.1. The third kappa shape index (κ3) is 5.53. The molecular formula is C28H27ClFN3O3. The Morgan fingerprint density at radius 3 is 2.69 bits per heavy atom. The fourth-order valence-corrected chi connectivity index (χ4v) is 4.79. The minimum absolute atomic E-state index is 0.0891. The third-order valence-corrected chi connectivity index (χ3v) is 6.80. The van der Waals surface area contributed by atoms with Gasteiger partial charge in [-0.25, -0.2) is 9.18 Å². The summed E-state index contributed by atoms with van der Waals surface area (Å²) >= 11 is 5.82. The Kier molecular flexibility index (Phi) is 7.20. The highest BCUT2D eigenvalue weighted by Crippen LogP contribution is 2.27. The van der Waals surface area contributed by atoms with Crippen molar-refractivity contribution >= 4 is 29.5 Å². The minimum atomic E-state index is -0.390. The zero-order valence-electron chi connectivity index (χ0n) is 20.0. The second kappa shape index (κ2) is 10.7. The SMILES string of the molecule is COC(=O)c1ccc2c(c1)CC(CN1CCN(c3cccc(OCc4ccc(Cl)cc4F)n3)CC1)=C2. The number of halogens is 2. The molecule has 2 heterocycles. The van der Waals surface area contributed by atoms with E-state index in [-0.39, 0.29) is 18.4 Å². The summed E-state index contributed by atoms with van der Waals surface area (Å²) in [5, 5.41) is 0.358. The molecule has 1 aliphatic carbocycles. The molecule has 2 aromatic carbocycles. The lowest BCUT2D eigenvalue weighted by atomic mass is 10.1. The lowest BCUT2D eigenvalue weighted by Crippen LogP contribution is -2.47. The molecule has 0 unspecified atom stereocenters. The number of rotatable bonds is 7. The van der Waals surface area contributed by atoms with Gasteiger partial charge >= 0.3 is 5.97 Å². The van der Waals surface area contributed by atoms with Crippen LogP contribution in [0.15, 0.2) is 60.2 Å². The number of methoxy groups -OCH3 is 1. The van der Waals surface area contributed by atoms with Crippen LogP contribution in [-0.2, 0) is 17.8 Å². The van der Waals surface area contributed by atoms with Crippen molar-refractivity contribution in [3.63, 3.8) is 0 Å². The normalized spacial score (nSPS) is 15.4. The van der Waals surface area contributed by atoms with Crippen LogP contribution in [0.1, 0.15) is 27.0 Å². The van der Waals surface area contributed by atoms with Gasteiger partial charge in [-0.1, -0.05) is 41.4 Å². The van der Waals surface area contributed by atoms with Gasteiger partial charge in [0.05, 0.1) is 12.7 Å². The van der Waals surface area contributed by atoms with Gasteiger partial charge in [-0.3, -0.25) is 4.90 Å². The molecule has 5 rings (SSSR count). The Morgan fingerprint density at radius 2 is 1.92 bits per heavy atom. The van der Waals surface area contributed by atoms with Crippen molar-refractivity contribution in [2.24, 2.45) is 0 Å². The molecule has 36 heavy (non-hydrogen) atoms. The van der Waals surface area contributed by atoms with Crippen LogP contribution in [0.5, 0.6) is 5.88 Å². The number of carbonyl (C=O) groups excluding carboxylic acids is 1. The average molecular weight is 508 g/mol. The summed E-state index contributed by atoms with van der Waals surface area (Å²) < 4.78 is 24.6. The van der Waals surface area contributed by atoms with Crippen molar-refractivity contribution in [2.75, 3.05) is 44.7 Å². The first-order valence-corrected chi connectivity index (χ1v) is 12.3. The fraction of sp³-hybridized carbons (Fsp3) is 0.286. The fourth-order valence-electron chi connectivity index (χ4n) is 4.63. The molecule has 0 saturated carbocycles. The van der Waals surface area contributed by atoms with Crippen LogP contribution in [0.4, 0.5) is 10.2 Å². The summed E-state index contributed by atoms with van der Waals surface area (Å²) in [6.45, 7) is 4.54. The first-order chi connectivity index (χ1) is 17.5. The summed E-state index contributed by atoms with van der Waals surface area (Å²) in [5.74, 6) is 0.623. The number of nitrogens with zero attached hydrogens (tertiary/aromatic N) is 3. The van der Waals surface area contributed by atoms with E-state index in [1.54, 1.807) is 18.2 Å². The average Bonchev–Trinajstić information content (AvgIpc) is 3.30. The maximum Gasteiger partial charge on any atom is 0.337 e. The van der Waals surface area contributed by atoms with Gasteiger partial charge in [0.1, 0.15) is 18.2 Å². The first kappa shape index (κ1) is 24.3. The maximum absolute atomic E-state index is 14.0. The molecule has 1 saturated heterocycles. The van der Waals surface area contributed by atoms with Crippen LogP contribution < -0.4 is 9.64 Å². The largest absolute Gasteiger partial charge is 0.473 e. The van der Waals surface area contributed by atoms with E-state index in [4.69, 9.17) is 21.1 Å². The lowest BCUT2D eigenvalue weighted by Gasteiger charge is -2.35. The number of aromatic nitrogens is 1. The van der Waals surface area contributed by atoms with Crippen LogP contribution in [0.3, 0.4) is 0 Å². The van der Waals surface area contributed by atoms with Crippen LogP contribution in [0, 0.1) is 5.82 Å². The predicted octanol–water partition coefficient (Wildman–Crippen LogP) is 5.00. The van der Waals surface area contributed by atoms with Crippen molar-refractivity contribution < 1.29 is 18.7 Å². The number of fused-ring (bicyclic) bond motifs is 1. The number of hydrogen-bond donors (Lipinski definition) is 0. The Bertz CT molecular complexity index is 1300. The molecule has 1 fully saturated rings.